The number of rotatable bonds is 2. The van der Waals surface area contributed by atoms with Crippen LogP contribution in [0.3, 0.4) is 0 Å². The van der Waals surface area contributed by atoms with Crippen LogP contribution < -0.4 is 5.56 Å². The first-order chi connectivity index (χ1) is 9.13. The van der Waals surface area contributed by atoms with Gasteiger partial charge in [-0.15, -0.1) is 0 Å². The molecule has 19 heavy (non-hydrogen) atoms. The summed E-state index contributed by atoms with van der Waals surface area (Å²) in [5.41, 5.74) is 0.0547. The lowest BCUT2D eigenvalue weighted by Gasteiger charge is -2.16. The van der Waals surface area contributed by atoms with Gasteiger partial charge in [0.15, 0.2) is 6.23 Å². The number of ether oxygens (including phenoxy) is 1. The molecule has 4 N–H and O–H groups in total. The van der Waals surface area contributed by atoms with Crippen molar-refractivity contribution in [2.45, 2.75) is 24.5 Å². The van der Waals surface area contributed by atoms with Gasteiger partial charge in [0, 0.05) is 0 Å². The van der Waals surface area contributed by atoms with Gasteiger partial charge in [0.25, 0.3) is 5.56 Å². The van der Waals surface area contributed by atoms with Gasteiger partial charge in [-0.05, 0) is 0 Å². The van der Waals surface area contributed by atoms with Crippen molar-refractivity contribution in [3.05, 3.63) is 22.9 Å². The highest BCUT2D eigenvalue weighted by atomic mass is 16.6. The molecule has 9 heteroatoms. The summed E-state index contributed by atoms with van der Waals surface area (Å²) in [7, 11) is 0. The molecule has 3 rings (SSSR count). The van der Waals surface area contributed by atoms with Gasteiger partial charge in [0.1, 0.15) is 29.3 Å². The maximum Gasteiger partial charge on any atom is 0.290 e. The van der Waals surface area contributed by atoms with Crippen LogP contribution in [0, 0.1) is 0 Å². The fourth-order valence-electron chi connectivity index (χ4n) is 2.21. The highest BCUT2D eigenvalue weighted by Gasteiger charge is 2.43. The molecule has 4 atom stereocenters. The molecule has 3 heterocycles. The van der Waals surface area contributed by atoms with Crippen LogP contribution in [-0.4, -0.2) is 60.0 Å². The number of nitrogens with one attached hydrogen (secondary N) is 1. The Kier molecular flexibility index (Phi) is 2.82. The quantitative estimate of drug-likeness (QED) is 0.482. The Morgan fingerprint density at radius 1 is 1.42 bits per heavy atom. The van der Waals surface area contributed by atoms with Crippen LogP contribution in [0.2, 0.25) is 0 Å². The first kappa shape index (κ1) is 12.2. The number of hydrogen-bond donors (Lipinski definition) is 4. The lowest BCUT2D eigenvalue weighted by atomic mass is 10.1. The Hall–Kier alpha value is -1.81. The van der Waals surface area contributed by atoms with Crippen molar-refractivity contribution in [1.82, 2.24) is 19.7 Å². The second-order valence-corrected chi connectivity index (χ2v) is 4.31. The van der Waals surface area contributed by atoms with E-state index in [0.717, 1.165) is 0 Å². The number of aliphatic hydroxyl groups is 3. The minimum absolute atomic E-state index is 0.185. The van der Waals surface area contributed by atoms with Gasteiger partial charge in [0.2, 0.25) is 0 Å². The van der Waals surface area contributed by atoms with Crippen molar-refractivity contribution in [2.24, 2.45) is 0 Å². The number of aliphatic hydroxyl groups excluding tert-OH is 3. The number of hydrogen-bond acceptors (Lipinski definition) is 7. The van der Waals surface area contributed by atoms with E-state index in [-0.39, 0.29) is 5.52 Å². The first-order valence-corrected chi connectivity index (χ1v) is 5.66. The number of H-pyrrole nitrogens is 1. The Morgan fingerprint density at radius 3 is 2.89 bits per heavy atom. The third-order valence-electron chi connectivity index (χ3n) is 3.18. The largest absolute Gasteiger partial charge is 0.394 e. The van der Waals surface area contributed by atoms with Gasteiger partial charge in [-0.25, -0.2) is 10.1 Å². The average molecular weight is 268 g/mol. The first-order valence-electron chi connectivity index (χ1n) is 5.66. The molecule has 0 saturated carbocycles. The highest BCUT2D eigenvalue weighted by molar-refractivity contribution is 5.72. The molecule has 0 amide bonds. The van der Waals surface area contributed by atoms with Crippen molar-refractivity contribution >= 4 is 11.0 Å². The summed E-state index contributed by atoms with van der Waals surface area (Å²) in [4.78, 5) is 15.7. The van der Waals surface area contributed by atoms with E-state index in [4.69, 9.17) is 9.84 Å². The molecule has 0 unspecified atom stereocenters. The second kappa shape index (κ2) is 4.38. The van der Waals surface area contributed by atoms with E-state index >= 15 is 0 Å². The van der Waals surface area contributed by atoms with Crippen molar-refractivity contribution in [2.75, 3.05) is 6.61 Å². The van der Waals surface area contributed by atoms with E-state index in [9.17, 15) is 15.0 Å². The highest BCUT2D eigenvalue weighted by Crippen LogP contribution is 2.30. The summed E-state index contributed by atoms with van der Waals surface area (Å²) in [6.45, 7) is -0.431. The molecule has 9 nitrogen and oxygen atoms in total. The summed E-state index contributed by atoms with van der Waals surface area (Å²) in [5.74, 6) is 0. The Bertz CT molecular complexity index is 653. The third kappa shape index (κ3) is 1.75. The van der Waals surface area contributed by atoms with Gasteiger partial charge in [-0.1, -0.05) is 0 Å². The average Bonchev–Trinajstić information content (AvgIpc) is 2.94. The maximum absolute atomic E-state index is 11.7. The molecule has 0 aromatic carbocycles. The van der Waals surface area contributed by atoms with E-state index in [2.05, 4.69) is 15.2 Å². The molecule has 1 aliphatic heterocycles. The topological polar surface area (TPSA) is 133 Å². The van der Waals surface area contributed by atoms with Crippen LogP contribution in [0.5, 0.6) is 0 Å². The summed E-state index contributed by atoms with van der Waals surface area (Å²) < 4.78 is 6.66. The lowest BCUT2D eigenvalue weighted by molar-refractivity contribution is -0.0509. The van der Waals surface area contributed by atoms with Crippen molar-refractivity contribution < 1.29 is 20.1 Å². The molecular formula is C10H12N4O5. The summed E-state index contributed by atoms with van der Waals surface area (Å²) >= 11 is 0. The van der Waals surface area contributed by atoms with Gasteiger partial charge in [-0.3, -0.25) is 9.36 Å². The number of aromatic amines is 1. The minimum Gasteiger partial charge on any atom is -0.394 e. The Labute approximate surface area is 106 Å². The molecule has 2 aromatic rings. The normalized spacial score (nSPS) is 31.1. The van der Waals surface area contributed by atoms with Crippen molar-refractivity contribution in [1.29, 1.82) is 0 Å². The molecular weight excluding hydrogens is 256 g/mol. The monoisotopic (exact) mass is 268 g/mol. The number of aromatic nitrogens is 4. The molecule has 0 spiro atoms. The smallest absolute Gasteiger partial charge is 0.290 e. The van der Waals surface area contributed by atoms with Crippen LogP contribution in [0.4, 0.5) is 0 Å². The van der Waals surface area contributed by atoms with Crippen LogP contribution >= 0.6 is 0 Å². The standard InChI is InChI=1S/C10H12N4O5/c15-2-5-7(16)8(17)10(19-5)14-3-11-4-1-12-13-9(18)6(4)14/h1,3,5,7-8,10,15-17H,2H2,(H,13,18)/t5-,7-,8-,10-/m1/s1. The zero-order chi connectivity index (χ0) is 13.6. The van der Waals surface area contributed by atoms with E-state index in [0.29, 0.717) is 5.52 Å². The fraction of sp³-hybridized carbons (Fsp3) is 0.500. The maximum atomic E-state index is 11.7. The van der Waals surface area contributed by atoms with Crippen molar-refractivity contribution in [3.63, 3.8) is 0 Å². The van der Waals surface area contributed by atoms with Crippen molar-refractivity contribution in [3.8, 4) is 0 Å². The molecule has 102 valence electrons. The fourth-order valence-corrected chi connectivity index (χ4v) is 2.21. The van der Waals surface area contributed by atoms with Crippen LogP contribution in [0.1, 0.15) is 6.23 Å². The number of nitrogens with zero attached hydrogens (tertiary/aromatic N) is 3. The molecule has 1 saturated heterocycles. The Morgan fingerprint density at radius 2 is 2.21 bits per heavy atom. The van der Waals surface area contributed by atoms with Gasteiger partial charge < -0.3 is 20.1 Å². The van der Waals surface area contributed by atoms with E-state index in [1.807, 2.05) is 0 Å². The van der Waals surface area contributed by atoms with E-state index < -0.39 is 36.7 Å². The summed E-state index contributed by atoms with van der Waals surface area (Å²) in [5, 5.41) is 34.5. The molecule has 1 aliphatic rings. The summed E-state index contributed by atoms with van der Waals surface area (Å²) in [6.07, 6.45) is -1.69. The van der Waals surface area contributed by atoms with Gasteiger partial charge in [0.05, 0.1) is 19.1 Å². The van der Waals surface area contributed by atoms with Gasteiger partial charge >= 0.3 is 0 Å². The molecule has 0 bridgehead atoms. The zero-order valence-corrected chi connectivity index (χ0v) is 9.67. The zero-order valence-electron chi connectivity index (χ0n) is 9.67. The SMILES string of the molecule is O=c1[nH]ncc2ncn([C@@H]3O[C@H](CO)[C@@H](O)[C@H]3O)c12. The van der Waals surface area contributed by atoms with Crippen LogP contribution in [0.25, 0.3) is 11.0 Å². The summed E-state index contributed by atoms with van der Waals surface area (Å²) in [6, 6.07) is 0. The molecule has 2 aromatic heterocycles. The third-order valence-corrected chi connectivity index (χ3v) is 3.18. The predicted octanol–water partition coefficient (Wildman–Crippen LogP) is -2.27. The Balaban J connectivity index is 2.08. The molecule has 1 fully saturated rings. The van der Waals surface area contributed by atoms with E-state index in [1.54, 1.807) is 0 Å². The number of imidazole rings is 1. The molecule has 0 radical (unpaired) electrons. The van der Waals surface area contributed by atoms with Crippen LogP contribution in [0.15, 0.2) is 17.3 Å². The van der Waals surface area contributed by atoms with E-state index in [1.165, 1.54) is 17.1 Å². The predicted molar refractivity (Wildman–Crippen MR) is 61.2 cm³/mol. The van der Waals surface area contributed by atoms with Crippen LogP contribution in [-0.2, 0) is 4.74 Å². The lowest BCUT2D eigenvalue weighted by Crippen LogP contribution is -2.33. The van der Waals surface area contributed by atoms with Gasteiger partial charge in [-0.2, -0.15) is 5.10 Å². The minimum atomic E-state index is -1.26. The second-order valence-electron chi connectivity index (χ2n) is 4.31. The number of fused-ring (bicyclic) bond motifs is 1. The molecule has 0 aliphatic carbocycles.